The predicted molar refractivity (Wildman–Crippen MR) is 139 cm³/mol. The zero-order valence-corrected chi connectivity index (χ0v) is 21.0. The van der Waals surface area contributed by atoms with E-state index < -0.39 is 10.0 Å². The molecule has 0 radical (unpaired) electrons. The fourth-order valence-corrected chi connectivity index (χ4v) is 5.19. The van der Waals surface area contributed by atoms with Crippen LogP contribution in [0.25, 0.3) is 0 Å². The zero-order chi connectivity index (χ0) is 24.8. The Labute approximate surface area is 207 Å². The van der Waals surface area contributed by atoms with Crippen LogP contribution in [0.5, 0.6) is 0 Å². The highest BCUT2D eigenvalue weighted by Gasteiger charge is 2.17. The summed E-state index contributed by atoms with van der Waals surface area (Å²) in [6, 6.07) is 21.4. The van der Waals surface area contributed by atoms with Gasteiger partial charge in [0.1, 0.15) is 0 Å². The van der Waals surface area contributed by atoms with Gasteiger partial charge in [-0.1, -0.05) is 42.5 Å². The van der Waals surface area contributed by atoms with Gasteiger partial charge in [0.05, 0.1) is 10.6 Å². The number of nitrogens with zero attached hydrogens (tertiary/aromatic N) is 2. The number of anilines is 1. The Morgan fingerprint density at radius 2 is 1.57 bits per heavy atom. The van der Waals surface area contributed by atoms with E-state index in [1.807, 2.05) is 31.2 Å². The van der Waals surface area contributed by atoms with Crippen LogP contribution in [-0.4, -0.2) is 57.4 Å². The van der Waals surface area contributed by atoms with Crippen LogP contribution in [0.4, 0.5) is 5.69 Å². The number of hydrogen-bond donors (Lipinski definition) is 2. The summed E-state index contributed by atoms with van der Waals surface area (Å²) < 4.78 is 28.0. The molecule has 4 rings (SSSR count). The quantitative estimate of drug-likeness (QED) is 0.503. The number of aryl methyl sites for hydroxylation is 1. The molecule has 0 aliphatic carbocycles. The maximum absolute atomic E-state index is 12.7. The minimum atomic E-state index is -3.74. The van der Waals surface area contributed by atoms with Crippen molar-refractivity contribution in [3.8, 4) is 0 Å². The Morgan fingerprint density at radius 1 is 0.886 bits per heavy atom. The molecule has 1 fully saturated rings. The van der Waals surface area contributed by atoms with Crippen molar-refractivity contribution in [3.63, 3.8) is 0 Å². The van der Waals surface area contributed by atoms with Crippen LogP contribution in [0.15, 0.2) is 77.7 Å². The molecule has 1 saturated heterocycles. The molecule has 0 spiro atoms. The average molecular weight is 493 g/mol. The number of piperazine rings is 1. The van der Waals surface area contributed by atoms with Gasteiger partial charge in [0.2, 0.25) is 0 Å². The van der Waals surface area contributed by atoms with Gasteiger partial charge in [-0.25, -0.2) is 8.42 Å². The molecule has 1 heterocycles. The Morgan fingerprint density at radius 3 is 2.29 bits per heavy atom. The molecule has 1 aliphatic rings. The second-order valence-corrected chi connectivity index (χ2v) is 10.7. The van der Waals surface area contributed by atoms with E-state index in [0.717, 1.165) is 43.9 Å². The van der Waals surface area contributed by atoms with E-state index >= 15 is 0 Å². The normalized spacial score (nSPS) is 15.0. The van der Waals surface area contributed by atoms with E-state index in [4.69, 9.17) is 0 Å². The zero-order valence-electron chi connectivity index (χ0n) is 20.2. The fraction of sp³-hybridized carbons (Fsp3) is 0.296. The molecule has 1 amide bonds. The summed E-state index contributed by atoms with van der Waals surface area (Å²) in [6.45, 7) is 7.43. The SMILES string of the molecule is Cc1ccccc1NS(=O)(=O)c1ccc(C(=O)NCc2cccc(CN3CCN(C)CC3)c2)cc1. The van der Waals surface area contributed by atoms with Crippen molar-refractivity contribution in [2.24, 2.45) is 0 Å². The number of hydrogen-bond acceptors (Lipinski definition) is 5. The Bertz CT molecular complexity index is 1270. The van der Waals surface area contributed by atoms with Crippen molar-refractivity contribution in [3.05, 3.63) is 95.1 Å². The Hall–Kier alpha value is -3.20. The molecule has 0 bridgehead atoms. The van der Waals surface area contributed by atoms with Crippen molar-refractivity contribution < 1.29 is 13.2 Å². The summed E-state index contributed by atoms with van der Waals surface area (Å²) in [5, 5.41) is 2.93. The largest absolute Gasteiger partial charge is 0.348 e. The van der Waals surface area contributed by atoms with E-state index in [9.17, 15) is 13.2 Å². The standard InChI is InChI=1S/C27H32N4O3S/c1-21-6-3-4-9-26(21)29-35(33,34)25-12-10-24(11-13-25)27(32)28-19-22-7-5-8-23(18-22)20-31-16-14-30(2)15-17-31/h3-13,18,29H,14-17,19-20H2,1-2H3,(H,28,32). The van der Waals surface area contributed by atoms with Gasteiger partial charge in [-0.15, -0.1) is 0 Å². The summed E-state index contributed by atoms with van der Waals surface area (Å²) in [5.74, 6) is -0.245. The van der Waals surface area contributed by atoms with Gasteiger partial charge >= 0.3 is 0 Å². The van der Waals surface area contributed by atoms with Crippen molar-refractivity contribution in [1.29, 1.82) is 0 Å². The van der Waals surface area contributed by atoms with E-state index in [1.54, 1.807) is 12.1 Å². The lowest BCUT2D eigenvalue weighted by Crippen LogP contribution is -2.43. The first-order chi connectivity index (χ1) is 16.8. The Kier molecular flexibility index (Phi) is 7.85. The minimum absolute atomic E-state index is 0.105. The number of carbonyl (C=O) groups is 1. The molecular weight excluding hydrogens is 460 g/mol. The van der Waals surface area contributed by atoms with Crippen LogP contribution in [0.1, 0.15) is 27.0 Å². The molecule has 0 atom stereocenters. The molecule has 7 nitrogen and oxygen atoms in total. The number of amides is 1. The number of benzene rings is 3. The molecule has 0 saturated carbocycles. The van der Waals surface area contributed by atoms with Gasteiger partial charge in [0.15, 0.2) is 0 Å². The maximum atomic E-state index is 12.7. The molecule has 3 aromatic rings. The van der Waals surface area contributed by atoms with Crippen molar-refractivity contribution in [2.45, 2.75) is 24.9 Å². The average Bonchev–Trinajstić information content (AvgIpc) is 2.86. The molecule has 2 N–H and O–H groups in total. The minimum Gasteiger partial charge on any atom is -0.348 e. The molecule has 35 heavy (non-hydrogen) atoms. The molecular formula is C27H32N4O3S. The van der Waals surface area contributed by atoms with Crippen LogP contribution < -0.4 is 10.0 Å². The van der Waals surface area contributed by atoms with Gasteiger partial charge in [-0.2, -0.15) is 0 Å². The maximum Gasteiger partial charge on any atom is 0.261 e. The van der Waals surface area contributed by atoms with Gasteiger partial charge in [0, 0.05) is 44.8 Å². The van der Waals surface area contributed by atoms with Crippen LogP contribution in [0.3, 0.4) is 0 Å². The van der Waals surface area contributed by atoms with E-state index in [1.165, 1.54) is 29.8 Å². The lowest BCUT2D eigenvalue weighted by atomic mass is 10.1. The first-order valence-corrected chi connectivity index (χ1v) is 13.2. The third-order valence-corrected chi connectivity index (χ3v) is 7.64. The fourth-order valence-electron chi connectivity index (χ4n) is 4.06. The third kappa shape index (κ3) is 6.69. The van der Waals surface area contributed by atoms with Gasteiger partial charge in [0.25, 0.3) is 15.9 Å². The van der Waals surface area contributed by atoms with Crippen LogP contribution in [0, 0.1) is 6.92 Å². The second-order valence-electron chi connectivity index (χ2n) is 9.03. The first kappa shape index (κ1) is 24.9. The first-order valence-electron chi connectivity index (χ1n) is 11.8. The van der Waals surface area contributed by atoms with Crippen LogP contribution in [-0.2, 0) is 23.1 Å². The third-order valence-electron chi connectivity index (χ3n) is 6.26. The van der Waals surface area contributed by atoms with Crippen molar-refractivity contribution in [1.82, 2.24) is 15.1 Å². The van der Waals surface area contributed by atoms with Gasteiger partial charge in [-0.05, 0) is 61.0 Å². The number of likely N-dealkylation sites (N-methyl/N-ethyl adjacent to an activating group) is 1. The number of para-hydroxylation sites is 1. The van der Waals surface area contributed by atoms with Crippen LogP contribution in [0.2, 0.25) is 0 Å². The van der Waals surface area contributed by atoms with Gasteiger partial charge < -0.3 is 10.2 Å². The van der Waals surface area contributed by atoms with Crippen molar-refractivity contribution in [2.75, 3.05) is 37.9 Å². The number of sulfonamides is 1. The smallest absolute Gasteiger partial charge is 0.261 e. The predicted octanol–water partition coefficient (Wildman–Crippen LogP) is 3.47. The summed E-state index contributed by atoms with van der Waals surface area (Å²) in [7, 11) is -1.59. The second kappa shape index (κ2) is 11.0. The Balaban J connectivity index is 1.34. The summed E-state index contributed by atoms with van der Waals surface area (Å²) in [6.07, 6.45) is 0. The molecule has 8 heteroatoms. The lowest BCUT2D eigenvalue weighted by Gasteiger charge is -2.32. The van der Waals surface area contributed by atoms with Gasteiger partial charge in [-0.3, -0.25) is 14.4 Å². The van der Waals surface area contributed by atoms with E-state index in [0.29, 0.717) is 17.8 Å². The van der Waals surface area contributed by atoms with E-state index in [2.05, 4.69) is 39.0 Å². The molecule has 3 aromatic carbocycles. The molecule has 0 unspecified atom stereocenters. The lowest BCUT2D eigenvalue weighted by molar-refractivity contribution is 0.0950. The van der Waals surface area contributed by atoms with E-state index in [-0.39, 0.29) is 10.8 Å². The number of rotatable bonds is 8. The topological polar surface area (TPSA) is 81.7 Å². The van der Waals surface area contributed by atoms with Crippen molar-refractivity contribution >= 4 is 21.6 Å². The van der Waals surface area contributed by atoms with Crippen LogP contribution >= 0.6 is 0 Å². The summed E-state index contributed by atoms with van der Waals surface area (Å²) in [5.41, 5.74) is 4.04. The summed E-state index contributed by atoms with van der Waals surface area (Å²) >= 11 is 0. The summed E-state index contributed by atoms with van der Waals surface area (Å²) in [4.78, 5) is 17.5. The number of nitrogens with one attached hydrogen (secondary N) is 2. The molecule has 0 aromatic heterocycles. The highest BCUT2D eigenvalue weighted by Crippen LogP contribution is 2.20. The monoisotopic (exact) mass is 492 g/mol. The highest BCUT2D eigenvalue weighted by atomic mass is 32.2. The number of carbonyl (C=O) groups excluding carboxylic acids is 1. The highest BCUT2D eigenvalue weighted by molar-refractivity contribution is 7.92. The molecule has 1 aliphatic heterocycles. The molecule has 184 valence electrons.